The smallest absolute Gasteiger partial charge is 0.237 e. The second kappa shape index (κ2) is 5.51. The molecule has 0 aliphatic heterocycles. The maximum Gasteiger partial charge on any atom is 0.237 e. The Labute approximate surface area is 116 Å². The van der Waals surface area contributed by atoms with Crippen LogP contribution in [0, 0.1) is 0 Å². The van der Waals surface area contributed by atoms with Crippen LogP contribution in [0.5, 0.6) is 0 Å². The van der Waals surface area contributed by atoms with Gasteiger partial charge in [0.2, 0.25) is 5.91 Å². The summed E-state index contributed by atoms with van der Waals surface area (Å²) in [5.41, 5.74) is 11.7. The summed E-state index contributed by atoms with van der Waals surface area (Å²) in [5.74, 6) is 0.536. The van der Waals surface area contributed by atoms with Crippen LogP contribution in [0.2, 0.25) is 5.02 Å². The SMILES string of the molecule is NC(=O)C1(N)CCC(SCc2ccc(Cl)cc2)C1. The quantitative estimate of drug-likeness (QED) is 0.891. The van der Waals surface area contributed by atoms with E-state index in [1.807, 2.05) is 36.0 Å². The summed E-state index contributed by atoms with van der Waals surface area (Å²) in [4.78, 5) is 11.3. The van der Waals surface area contributed by atoms with Crippen molar-refractivity contribution in [3.8, 4) is 0 Å². The second-order valence-electron chi connectivity index (χ2n) is 4.82. The fraction of sp³-hybridized carbons (Fsp3) is 0.462. The lowest BCUT2D eigenvalue weighted by Gasteiger charge is -2.19. The molecule has 1 aliphatic carbocycles. The molecule has 0 heterocycles. The summed E-state index contributed by atoms with van der Waals surface area (Å²) in [6.45, 7) is 0. The molecule has 5 heteroatoms. The van der Waals surface area contributed by atoms with Gasteiger partial charge in [0.25, 0.3) is 0 Å². The maximum atomic E-state index is 11.3. The van der Waals surface area contributed by atoms with Crippen LogP contribution in [0.4, 0.5) is 0 Å². The molecule has 1 aromatic carbocycles. The molecule has 0 spiro atoms. The Morgan fingerprint density at radius 2 is 2.11 bits per heavy atom. The van der Waals surface area contributed by atoms with Crippen molar-refractivity contribution in [2.24, 2.45) is 11.5 Å². The van der Waals surface area contributed by atoms with Crippen molar-refractivity contribution >= 4 is 29.3 Å². The van der Waals surface area contributed by atoms with Gasteiger partial charge in [0.15, 0.2) is 0 Å². The molecule has 1 fully saturated rings. The van der Waals surface area contributed by atoms with Crippen LogP contribution in [0.3, 0.4) is 0 Å². The molecule has 4 N–H and O–H groups in total. The molecule has 1 amide bonds. The largest absolute Gasteiger partial charge is 0.368 e. The Kier molecular flexibility index (Phi) is 4.20. The molecule has 1 saturated carbocycles. The Hall–Kier alpha value is -0.710. The number of carbonyl (C=O) groups excluding carboxylic acids is 1. The van der Waals surface area contributed by atoms with Crippen LogP contribution in [0.15, 0.2) is 24.3 Å². The van der Waals surface area contributed by atoms with Gasteiger partial charge in [-0.25, -0.2) is 0 Å². The third-order valence-electron chi connectivity index (χ3n) is 3.39. The summed E-state index contributed by atoms with van der Waals surface area (Å²) >= 11 is 7.67. The van der Waals surface area contributed by atoms with E-state index < -0.39 is 5.54 Å². The number of carbonyl (C=O) groups is 1. The first-order valence-corrected chi connectivity index (χ1v) is 7.37. The summed E-state index contributed by atoms with van der Waals surface area (Å²) in [6, 6.07) is 7.83. The van der Waals surface area contributed by atoms with Crippen LogP contribution in [0.25, 0.3) is 0 Å². The fourth-order valence-electron chi connectivity index (χ4n) is 2.19. The van der Waals surface area contributed by atoms with Gasteiger partial charge >= 0.3 is 0 Å². The van der Waals surface area contributed by atoms with Crippen LogP contribution >= 0.6 is 23.4 Å². The highest BCUT2D eigenvalue weighted by Crippen LogP contribution is 2.36. The van der Waals surface area contributed by atoms with Crippen LogP contribution < -0.4 is 11.5 Å². The van der Waals surface area contributed by atoms with Crippen molar-refractivity contribution in [1.82, 2.24) is 0 Å². The molecular weight excluding hydrogens is 268 g/mol. The molecule has 98 valence electrons. The van der Waals surface area contributed by atoms with E-state index in [1.54, 1.807) is 0 Å². The van der Waals surface area contributed by atoms with Crippen molar-refractivity contribution in [1.29, 1.82) is 0 Å². The van der Waals surface area contributed by atoms with Crippen molar-refractivity contribution in [3.63, 3.8) is 0 Å². The predicted octanol–water partition coefficient (Wildman–Crippen LogP) is 2.31. The maximum absolute atomic E-state index is 11.3. The molecule has 0 aromatic heterocycles. The van der Waals surface area contributed by atoms with Gasteiger partial charge in [0.1, 0.15) is 0 Å². The van der Waals surface area contributed by atoms with Gasteiger partial charge in [-0.05, 0) is 37.0 Å². The number of primary amides is 1. The van der Waals surface area contributed by atoms with Crippen LogP contribution in [0.1, 0.15) is 24.8 Å². The number of hydrogen-bond acceptors (Lipinski definition) is 3. The highest BCUT2D eigenvalue weighted by molar-refractivity contribution is 7.99. The lowest BCUT2D eigenvalue weighted by molar-refractivity contribution is -0.122. The normalized spacial score (nSPS) is 27.3. The molecule has 2 unspecified atom stereocenters. The third kappa shape index (κ3) is 3.19. The average molecular weight is 285 g/mol. The molecule has 3 nitrogen and oxygen atoms in total. The van der Waals surface area contributed by atoms with Gasteiger partial charge in [0.05, 0.1) is 5.54 Å². The predicted molar refractivity (Wildman–Crippen MR) is 76.5 cm³/mol. The third-order valence-corrected chi connectivity index (χ3v) is 5.02. The Balaban J connectivity index is 1.85. The minimum atomic E-state index is -0.794. The Morgan fingerprint density at radius 3 is 2.67 bits per heavy atom. The summed E-state index contributed by atoms with van der Waals surface area (Å²) in [6.07, 6.45) is 2.33. The Morgan fingerprint density at radius 1 is 1.44 bits per heavy atom. The monoisotopic (exact) mass is 284 g/mol. The van der Waals surface area contributed by atoms with E-state index in [2.05, 4.69) is 0 Å². The van der Waals surface area contributed by atoms with Crippen molar-refractivity contribution in [2.75, 3.05) is 0 Å². The standard InChI is InChI=1S/C13H17ClN2OS/c14-10-3-1-9(2-4-10)8-18-11-5-6-13(16,7-11)12(15)17/h1-4,11H,5-8,16H2,(H2,15,17). The van der Waals surface area contributed by atoms with Gasteiger partial charge in [-0.1, -0.05) is 23.7 Å². The molecule has 2 rings (SSSR count). The average Bonchev–Trinajstić information content (AvgIpc) is 2.72. The first-order chi connectivity index (χ1) is 8.49. The number of thioether (sulfide) groups is 1. The van der Waals surface area contributed by atoms with E-state index in [9.17, 15) is 4.79 Å². The van der Waals surface area contributed by atoms with Gasteiger partial charge in [-0.3, -0.25) is 4.79 Å². The lowest BCUT2D eigenvalue weighted by Crippen LogP contribution is -2.50. The number of benzene rings is 1. The Bertz CT molecular complexity index is 437. The minimum Gasteiger partial charge on any atom is -0.368 e. The molecule has 0 saturated heterocycles. The van der Waals surface area contributed by atoms with Gasteiger partial charge < -0.3 is 11.5 Å². The molecule has 1 aromatic rings. The molecule has 18 heavy (non-hydrogen) atoms. The first kappa shape index (κ1) is 13.7. The van der Waals surface area contributed by atoms with E-state index >= 15 is 0 Å². The first-order valence-electron chi connectivity index (χ1n) is 5.94. The lowest BCUT2D eigenvalue weighted by atomic mass is 9.99. The van der Waals surface area contributed by atoms with Crippen molar-refractivity contribution in [3.05, 3.63) is 34.9 Å². The summed E-state index contributed by atoms with van der Waals surface area (Å²) in [5, 5.41) is 1.16. The molecule has 0 radical (unpaired) electrons. The minimum absolute atomic E-state index is 0.378. The van der Waals surface area contributed by atoms with Crippen molar-refractivity contribution < 1.29 is 4.79 Å². The molecule has 2 atom stereocenters. The highest BCUT2D eigenvalue weighted by Gasteiger charge is 2.40. The highest BCUT2D eigenvalue weighted by atomic mass is 35.5. The number of amides is 1. The van der Waals surface area contributed by atoms with E-state index in [1.165, 1.54) is 5.56 Å². The van der Waals surface area contributed by atoms with Gasteiger partial charge in [0, 0.05) is 16.0 Å². The zero-order valence-corrected chi connectivity index (χ0v) is 11.6. The van der Waals surface area contributed by atoms with Crippen molar-refractivity contribution in [2.45, 2.75) is 35.8 Å². The van der Waals surface area contributed by atoms with Gasteiger partial charge in [-0.2, -0.15) is 11.8 Å². The van der Waals surface area contributed by atoms with E-state index in [4.69, 9.17) is 23.1 Å². The topological polar surface area (TPSA) is 69.1 Å². The zero-order valence-electron chi connectivity index (χ0n) is 10.1. The molecule has 0 bridgehead atoms. The second-order valence-corrected chi connectivity index (χ2v) is 6.55. The number of rotatable bonds is 4. The number of nitrogens with two attached hydrogens (primary N) is 2. The van der Waals surface area contributed by atoms with Crippen LogP contribution in [-0.2, 0) is 10.5 Å². The van der Waals surface area contributed by atoms with E-state index in [0.29, 0.717) is 18.1 Å². The van der Waals surface area contributed by atoms with E-state index in [-0.39, 0.29) is 5.91 Å². The summed E-state index contributed by atoms with van der Waals surface area (Å²) in [7, 11) is 0. The van der Waals surface area contributed by atoms with E-state index in [0.717, 1.165) is 17.2 Å². The van der Waals surface area contributed by atoms with Gasteiger partial charge in [-0.15, -0.1) is 0 Å². The van der Waals surface area contributed by atoms with Crippen LogP contribution in [-0.4, -0.2) is 16.7 Å². The summed E-state index contributed by atoms with van der Waals surface area (Å²) < 4.78 is 0. The number of halogens is 1. The zero-order chi connectivity index (χ0) is 13.2. The molecule has 1 aliphatic rings. The molecular formula is C13H17ClN2OS. The fourth-order valence-corrected chi connectivity index (χ4v) is 3.64. The number of hydrogen-bond donors (Lipinski definition) is 2.